The van der Waals surface area contributed by atoms with Crippen molar-refractivity contribution in [3.05, 3.63) is 12.8 Å². The predicted octanol–water partition coefficient (Wildman–Crippen LogP) is 8.83. The van der Waals surface area contributed by atoms with E-state index in [1.165, 1.54) is 110 Å². The highest BCUT2D eigenvalue weighted by molar-refractivity contribution is 5.66. The highest BCUT2D eigenvalue weighted by atomic mass is 16.5. The molecule has 184 valence electrons. The third-order valence-corrected chi connectivity index (χ3v) is 5.42. The van der Waals surface area contributed by atoms with Gasteiger partial charge in [-0.25, -0.2) is 0 Å². The van der Waals surface area contributed by atoms with E-state index >= 15 is 0 Å². The molecule has 0 heterocycles. The lowest BCUT2D eigenvalue weighted by molar-refractivity contribution is -0.137. The van der Waals surface area contributed by atoms with Crippen molar-refractivity contribution >= 4 is 11.9 Å². The van der Waals surface area contributed by atoms with Crippen LogP contribution in [0.15, 0.2) is 12.8 Å². The normalized spacial score (nSPS) is 10.5. The summed E-state index contributed by atoms with van der Waals surface area (Å²) in [4.78, 5) is 20.1. The van der Waals surface area contributed by atoms with E-state index in [1.807, 2.05) is 0 Å². The van der Waals surface area contributed by atoms with Gasteiger partial charge in [-0.1, -0.05) is 130 Å². The van der Waals surface area contributed by atoms with Gasteiger partial charge in [-0.2, -0.15) is 0 Å². The Hall–Kier alpha value is -1.32. The Morgan fingerprint density at radius 1 is 0.710 bits per heavy atom. The molecule has 0 unspecified atom stereocenters. The van der Waals surface area contributed by atoms with Gasteiger partial charge in [0, 0.05) is 13.3 Å². The second-order valence-corrected chi connectivity index (χ2v) is 9.11. The Morgan fingerprint density at radius 2 is 1.03 bits per heavy atom. The van der Waals surface area contributed by atoms with Crippen molar-refractivity contribution in [3.8, 4) is 0 Å². The fraction of sp³-hybridized carbons (Fsp3) is 0.852. The van der Waals surface area contributed by atoms with Gasteiger partial charge in [0.05, 0.1) is 6.26 Å². The van der Waals surface area contributed by atoms with Crippen LogP contribution in [-0.4, -0.2) is 17.0 Å². The van der Waals surface area contributed by atoms with Crippen molar-refractivity contribution in [2.45, 2.75) is 143 Å². The van der Waals surface area contributed by atoms with Crippen molar-refractivity contribution in [1.82, 2.24) is 0 Å². The number of esters is 1. The Morgan fingerprint density at radius 3 is 1.26 bits per heavy atom. The molecule has 4 nitrogen and oxygen atoms in total. The number of carboxylic acids is 1. The molecule has 0 aromatic carbocycles. The molecule has 0 saturated carbocycles. The summed E-state index contributed by atoms with van der Waals surface area (Å²) in [6.07, 6.45) is 25.8. The van der Waals surface area contributed by atoms with Crippen LogP contribution in [0.1, 0.15) is 143 Å². The average molecular weight is 441 g/mol. The van der Waals surface area contributed by atoms with E-state index in [4.69, 9.17) is 5.11 Å². The van der Waals surface area contributed by atoms with Crippen LogP contribution in [0.25, 0.3) is 0 Å². The summed E-state index contributed by atoms with van der Waals surface area (Å²) in [5, 5.41) is 8.56. The molecule has 0 aliphatic rings. The van der Waals surface area contributed by atoms with E-state index in [2.05, 4.69) is 25.2 Å². The van der Waals surface area contributed by atoms with Gasteiger partial charge in [0.1, 0.15) is 0 Å². The molecule has 0 saturated heterocycles. The van der Waals surface area contributed by atoms with Crippen LogP contribution in [-0.2, 0) is 14.3 Å². The fourth-order valence-corrected chi connectivity index (χ4v) is 3.60. The molecule has 0 amide bonds. The minimum atomic E-state index is -0.651. The number of ether oxygens (including phenoxy) is 1. The van der Waals surface area contributed by atoms with Gasteiger partial charge < -0.3 is 9.84 Å². The smallest absolute Gasteiger partial charge is 0.307 e. The van der Waals surface area contributed by atoms with Crippen molar-refractivity contribution in [2.75, 3.05) is 0 Å². The van der Waals surface area contributed by atoms with E-state index in [9.17, 15) is 9.59 Å². The summed E-state index contributed by atoms with van der Waals surface area (Å²) < 4.78 is 4.17. The maximum absolute atomic E-state index is 10.4. The predicted molar refractivity (Wildman–Crippen MR) is 132 cm³/mol. The zero-order chi connectivity index (χ0) is 23.6. The lowest BCUT2D eigenvalue weighted by Crippen LogP contribution is -1.93. The highest BCUT2D eigenvalue weighted by Gasteiger charge is 1.98. The molecule has 0 rings (SSSR count). The number of hydrogen-bond donors (Lipinski definition) is 1. The minimum absolute atomic E-state index is 0.329. The van der Waals surface area contributed by atoms with Gasteiger partial charge in [-0.15, -0.1) is 0 Å². The molecule has 0 fully saturated rings. The molecule has 0 radical (unpaired) electrons. The molecular formula is C27H52O4. The minimum Gasteiger partial charge on any atom is -0.481 e. The SMILES string of the molecule is C=COC(C)=O.CC(C)CCCCCCCCCCCCCCCCCCCC(=O)O. The zero-order valence-corrected chi connectivity index (χ0v) is 21.0. The molecular weight excluding hydrogens is 388 g/mol. The standard InChI is InChI=1S/C23H46O2.C4H6O2/c1-22(2)20-18-16-14-12-10-8-6-4-3-5-7-9-11-13-15-17-19-21-23(24)25;1-3-6-4(2)5/h22H,3-21H2,1-2H3,(H,24,25);3H,1H2,2H3. The first kappa shape index (κ1) is 31.9. The topological polar surface area (TPSA) is 63.6 Å². The van der Waals surface area contributed by atoms with Gasteiger partial charge in [-0.05, 0) is 12.3 Å². The van der Waals surface area contributed by atoms with Gasteiger partial charge in [0.15, 0.2) is 0 Å². The summed E-state index contributed by atoms with van der Waals surface area (Å²) in [5.74, 6) is -0.101. The molecule has 31 heavy (non-hydrogen) atoms. The molecule has 0 aromatic heterocycles. The van der Waals surface area contributed by atoms with Crippen LogP contribution >= 0.6 is 0 Å². The van der Waals surface area contributed by atoms with Gasteiger partial charge in [0.25, 0.3) is 0 Å². The number of aliphatic carboxylic acids is 1. The first-order chi connectivity index (χ1) is 14.9. The highest BCUT2D eigenvalue weighted by Crippen LogP contribution is 2.15. The van der Waals surface area contributed by atoms with Crippen molar-refractivity contribution < 1.29 is 19.4 Å². The van der Waals surface area contributed by atoms with Crippen LogP contribution in [0.5, 0.6) is 0 Å². The molecule has 0 aromatic rings. The maximum atomic E-state index is 10.4. The van der Waals surface area contributed by atoms with E-state index < -0.39 is 5.97 Å². The van der Waals surface area contributed by atoms with Crippen LogP contribution in [0, 0.1) is 5.92 Å². The van der Waals surface area contributed by atoms with E-state index in [-0.39, 0.29) is 5.97 Å². The third-order valence-electron chi connectivity index (χ3n) is 5.42. The summed E-state index contributed by atoms with van der Waals surface area (Å²) in [6, 6.07) is 0. The monoisotopic (exact) mass is 440 g/mol. The van der Waals surface area contributed by atoms with Crippen LogP contribution in [0.2, 0.25) is 0 Å². The second kappa shape index (κ2) is 26.7. The van der Waals surface area contributed by atoms with Crippen LogP contribution in [0.3, 0.4) is 0 Å². The average Bonchev–Trinajstić information content (AvgIpc) is 2.69. The Balaban J connectivity index is 0. The Bertz CT molecular complexity index is 404. The quantitative estimate of drug-likeness (QED) is 0.110. The first-order valence-corrected chi connectivity index (χ1v) is 12.9. The van der Waals surface area contributed by atoms with E-state index in [0.717, 1.165) is 25.0 Å². The first-order valence-electron chi connectivity index (χ1n) is 12.9. The molecule has 0 atom stereocenters. The summed E-state index contributed by atoms with van der Waals surface area (Å²) in [5.41, 5.74) is 0. The molecule has 0 aliphatic heterocycles. The molecule has 4 heteroatoms. The van der Waals surface area contributed by atoms with Crippen molar-refractivity contribution in [1.29, 1.82) is 0 Å². The lowest BCUT2D eigenvalue weighted by atomic mass is 10.0. The van der Waals surface area contributed by atoms with Gasteiger partial charge in [-0.3, -0.25) is 9.59 Å². The third kappa shape index (κ3) is 36.4. The zero-order valence-electron chi connectivity index (χ0n) is 21.0. The van der Waals surface area contributed by atoms with Crippen molar-refractivity contribution in [3.63, 3.8) is 0 Å². The lowest BCUT2D eigenvalue weighted by Gasteiger charge is -2.05. The Labute approximate surface area is 193 Å². The van der Waals surface area contributed by atoms with Crippen LogP contribution < -0.4 is 0 Å². The molecule has 1 N–H and O–H groups in total. The number of carbonyl (C=O) groups is 2. The molecule has 0 spiro atoms. The largest absolute Gasteiger partial charge is 0.481 e. The van der Waals surface area contributed by atoms with E-state index in [1.54, 1.807) is 0 Å². The van der Waals surface area contributed by atoms with Gasteiger partial charge >= 0.3 is 11.9 Å². The molecule has 0 bridgehead atoms. The number of carbonyl (C=O) groups excluding carboxylic acids is 1. The maximum Gasteiger partial charge on any atom is 0.307 e. The summed E-state index contributed by atoms with van der Waals surface area (Å²) in [6.45, 7) is 9.13. The van der Waals surface area contributed by atoms with Crippen molar-refractivity contribution in [2.24, 2.45) is 5.92 Å². The second-order valence-electron chi connectivity index (χ2n) is 9.11. The summed E-state index contributed by atoms with van der Waals surface area (Å²) in [7, 11) is 0. The number of rotatable bonds is 21. The van der Waals surface area contributed by atoms with Gasteiger partial charge in [0.2, 0.25) is 0 Å². The summed E-state index contributed by atoms with van der Waals surface area (Å²) >= 11 is 0. The number of hydrogen-bond acceptors (Lipinski definition) is 3. The van der Waals surface area contributed by atoms with Crippen LogP contribution in [0.4, 0.5) is 0 Å². The fourth-order valence-electron chi connectivity index (χ4n) is 3.60. The number of carboxylic acid groups (broad SMARTS) is 1. The number of unbranched alkanes of at least 4 members (excludes halogenated alkanes) is 16. The molecule has 0 aliphatic carbocycles. The van der Waals surface area contributed by atoms with E-state index in [0.29, 0.717) is 6.42 Å². The Kier molecular flexibility index (Phi) is 27.5.